The lowest BCUT2D eigenvalue weighted by Gasteiger charge is -2.05. The SMILES string of the molecule is COCCNC(=O)NC(=O)CSc1nc(-c2ccccc2)cs1. The Labute approximate surface area is 142 Å². The summed E-state index contributed by atoms with van der Waals surface area (Å²) in [4.78, 5) is 27.6. The minimum Gasteiger partial charge on any atom is -0.383 e. The molecule has 0 atom stereocenters. The molecular weight excluding hydrogens is 334 g/mol. The second kappa shape index (κ2) is 9.29. The lowest BCUT2D eigenvalue weighted by atomic mass is 10.2. The van der Waals surface area contributed by atoms with Crippen LogP contribution < -0.4 is 10.6 Å². The quantitative estimate of drug-likeness (QED) is 0.591. The minimum atomic E-state index is -0.517. The van der Waals surface area contributed by atoms with Gasteiger partial charge in [0.25, 0.3) is 0 Å². The van der Waals surface area contributed by atoms with Crippen LogP contribution in [0, 0.1) is 0 Å². The molecule has 0 aliphatic carbocycles. The number of benzene rings is 1. The van der Waals surface area contributed by atoms with Gasteiger partial charge in [-0.25, -0.2) is 9.78 Å². The number of aromatic nitrogens is 1. The van der Waals surface area contributed by atoms with Gasteiger partial charge >= 0.3 is 6.03 Å². The summed E-state index contributed by atoms with van der Waals surface area (Å²) >= 11 is 2.78. The van der Waals surface area contributed by atoms with E-state index in [1.54, 1.807) is 7.11 Å². The Morgan fingerprint density at radius 1 is 1.30 bits per heavy atom. The molecule has 0 saturated heterocycles. The van der Waals surface area contributed by atoms with Crippen molar-refractivity contribution in [3.05, 3.63) is 35.7 Å². The molecule has 0 bridgehead atoms. The van der Waals surface area contributed by atoms with Crippen LogP contribution in [0.15, 0.2) is 40.1 Å². The number of carbonyl (C=O) groups excluding carboxylic acids is 2. The number of rotatable bonds is 7. The summed E-state index contributed by atoms with van der Waals surface area (Å²) in [5.41, 5.74) is 1.92. The Morgan fingerprint density at radius 3 is 2.83 bits per heavy atom. The van der Waals surface area contributed by atoms with Crippen molar-refractivity contribution >= 4 is 35.0 Å². The second-order valence-electron chi connectivity index (χ2n) is 4.45. The van der Waals surface area contributed by atoms with E-state index in [0.29, 0.717) is 13.2 Å². The van der Waals surface area contributed by atoms with Crippen LogP contribution in [0.5, 0.6) is 0 Å². The van der Waals surface area contributed by atoms with Gasteiger partial charge in [-0.15, -0.1) is 11.3 Å². The van der Waals surface area contributed by atoms with Crippen molar-refractivity contribution in [3.63, 3.8) is 0 Å². The topological polar surface area (TPSA) is 80.3 Å². The molecule has 0 fully saturated rings. The fourth-order valence-electron chi connectivity index (χ4n) is 1.67. The van der Waals surface area contributed by atoms with Gasteiger partial charge in [-0.3, -0.25) is 10.1 Å². The summed E-state index contributed by atoms with van der Waals surface area (Å²) in [6.07, 6.45) is 0. The van der Waals surface area contributed by atoms with Crippen molar-refractivity contribution in [2.75, 3.05) is 26.0 Å². The van der Waals surface area contributed by atoms with Crippen LogP contribution in [0.2, 0.25) is 0 Å². The number of nitrogens with one attached hydrogen (secondary N) is 2. The van der Waals surface area contributed by atoms with Crippen molar-refractivity contribution in [2.24, 2.45) is 0 Å². The van der Waals surface area contributed by atoms with Crippen LogP contribution in [-0.2, 0) is 9.53 Å². The maximum absolute atomic E-state index is 11.7. The van der Waals surface area contributed by atoms with E-state index < -0.39 is 6.03 Å². The Morgan fingerprint density at radius 2 is 2.09 bits per heavy atom. The van der Waals surface area contributed by atoms with Crippen molar-refractivity contribution in [3.8, 4) is 11.3 Å². The normalized spacial score (nSPS) is 10.3. The Balaban J connectivity index is 1.77. The summed E-state index contributed by atoms with van der Waals surface area (Å²) in [6, 6.07) is 9.32. The van der Waals surface area contributed by atoms with Gasteiger partial charge in [0.05, 0.1) is 18.1 Å². The van der Waals surface area contributed by atoms with Crippen LogP contribution >= 0.6 is 23.1 Å². The third-order valence-electron chi connectivity index (χ3n) is 2.72. The molecule has 8 heteroatoms. The highest BCUT2D eigenvalue weighted by atomic mass is 32.2. The fourth-order valence-corrected chi connectivity index (χ4v) is 3.30. The number of thioether (sulfide) groups is 1. The average molecular weight is 351 g/mol. The lowest BCUT2D eigenvalue weighted by molar-refractivity contribution is -0.117. The highest BCUT2D eigenvalue weighted by Gasteiger charge is 2.10. The third kappa shape index (κ3) is 6.01. The number of carbonyl (C=O) groups is 2. The number of imide groups is 1. The summed E-state index contributed by atoms with van der Waals surface area (Å²) in [6.45, 7) is 0.757. The van der Waals surface area contributed by atoms with Crippen molar-refractivity contribution < 1.29 is 14.3 Å². The number of hydrogen-bond donors (Lipinski definition) is 2. The molecule has 122 valence electrons. The molecule has 0 aliphatic rings. The van der Waals surface area contributed by atoms with E-state index >= 15 is 0 Å². The summed E-state index contributed by atoms with van der Waals surface area (Å²) in [5.74, 6) is -0.222. The molecule has 23 heavy (non-hydrogen) atoms. The van der Waals surface area contributed by atoms with Crippen LogP contribution in [0.1, 0.15) is 0 Å². The van der Waals surface area contributed by atoms with Gasteiger partial charge in [0.1, 0.15) is 0 Å². The monoisotopic (exact) mass is 351 g/mol. The van der Waals surface area contributed by atoms with Gasteiger partial charge in [-0.05, 0) is 0 Å². The molecule has 2 aromatic rings. The van der Waals surface area contributed by atoms with Gasteiger partial charge < -0.3 is 10.1 Å². The zero-order valence-corrected chi connectivity index (χ0v) is 14.2. The molecule has 0 aliphatic heterocycles. The summed E-state index contributed by atoms with van der Waals surface area (Å²) < 4.78 is 5.59. The number of hydrogen-bond acceptors (Lipinski definition) is 6. The molecule has 0 saturated carbocycles. The highest BCUT2D eigenvalue weighted by molar-refractivity contribution is 8.01. The van der Waals surface area contributed by atoms with E-state index in [0.717, 1.165) is 15.6 Å². The molecule has 3 amide bonds. The number of thiazole rings is 1. The van der Waals surface area contributed by atoms with E-state index in [4.69, 9.17) is 4.74 Å². The number of ether oxygens (including phenoxy) is 1. The third-order valence-corrected chi connectivity index (χ3v) is 4.75. The predicted octanol–water partition coefficient (Wildman–Crippen LogP) is 2.37. The molecule has 1 aromatic heterocycles. The van der Waals surface area contributed by atoms with Crippen molar-refractivity contribution in [1.29, 1.82) is 0 Å². The zero-order valence-electron chi connectivity index (χ0n) is 12.6. The molecule has 0 spiro atoms. The molecule has 1 heterocycles. The van der Waals surface area contributed by atoms with E-state index in [1.165, 1.54) is 23.1 Å². The largest absolute Gasteiger partial charge is 0.383 e. The highest BCUT2D eigenvalue weighted by Crippen LogP contribution is 2.27. The fraction of sp³-hybridized carbons (Fsp3) is 0.267. The van der Waals surface area contributed by atoms with Gasteiger partial charge in [-0.1, -0.05) is 42.1 Å². The molecule has 6 nitrogen and oxygen atoms in total. The Kier molecular flexibility index (Phi) is 7.05. The first-order chi connectivity index (χ1) is 11.2. The predicted molar refractivity (Wildman–Crippen MR) is 91.7 cm³/mol. The van der Waals surface area contributed by atoms with Crippen LogP contribution in [0.4, 0.5) is 4.79 Å². The number of urea groups is 1. The first-order valence-corrected chi connectivity index (χ1v) is 8.76. The number of nitrogens with zero attached hydrogens (tertiary/aromatic N) is 1. The van der Waals surface area contributed by atoms with Crippen molar-refractivity contribution in [2.45, 2.75) is 4.34 Å². The van der Waals surface area contributed by atoms with E-state index in [-0.39, 0.29) is 11.7 Å². The average Bonchev–Trinajstić information content (AvgIpc) is 3.03. The molecule has 2 rings (SSSR count). The van der Waals surface area contributed by atoms with Gasteiger partial charge in [0.15, 0.2) is 4.34 Å². The second-order valence-corrected chi connectivity index (χ2v) is 6.53. The number of methoxy groups -OCH3 is 1. The van der Waals surface area contributed by atoms with E-state index in [2.05, 4.69) is 15.6 Å². The first kappa shape index (κ1) is 17.5. The smallest absolute Gasteiger partial charge is 0.321 e. The number of amides is 3. The van der Waals surface area contributed by atoms with Crippen LogP contribution in [-0.4, -0.2) is 42.9 Å². The Bertz CT molecular complexity index is 646. The van der Waals surface area contributed by atoms with E-state index in [1.807, 2.05) is 35.7 Å². The minimum absolute atomic E-state index is 0.138. The molecule has 0 radical (unpaired) electrons. The van der Waals surface area contributed by atoms with Gasteiger partial charge in [-0.2, -0.15) is 0 Å². The lowest BCUT2D eigenvalue weighted by Crippen LogP contribution is -2.41. The molecular formula is C15H17N3O3S2. The van der Waals surface area contributed by atoms with Gasteiger partial charge in [0, 0.05) is 24.6 Å². The first-order valence-electron chi connectivity index (χ1n) is 6.89. The summed E-state index contributed by atoms with van der Waals surface area (Å²) in [5, 5.41) is 6.73. The Hall–Kier alpha value is -1.90. The van der Waals surface area contributed by atoms with Crippen molar-refractivity contribution in [1.82, 2.24) is 15.6 Å². The molecule has 2 N–H and O–H groups in total. The summed E-state index contributed by atoms with van der Waals surface area (Å²) in [7, 11) is 1.54. The maximum atomic E-state index is 11.7. The maximum Gasteiger partial charge on any atom is 0.321 e. The zero-order chi connectivity index (χ0) is 16.5. The van der Waals surface area contributed by atoms with Crippen LogP contribution in [0.25, 0.3) is 11.3 Å². The van der Waals surface area contributed by atoms with Crippen LogP contribution in [0.3, 0.4) is 0 Å². The van der Waals surface area contributed by atoms with E-state index in [9.17, 15) is 9.59 Å². The molecule has 1 aromatic carbocycles. The molecule has 0 unspecified atom stereocenters. The standard InChI is InChI=1S/C15H17N3O3S2/c1-21-8-7-16-14(20)18-13(19)10-23-15-17-12(9-22-15)11-5-3-2-4-6-11/h2-6,9H,7-8,10H2,1H3,(H2,16,18,19,20). The van der Waals surface area contributed by atoms with Gasteiger partial charge in [0.2, 0.25) is 5.91 Å².